The lowest BCUT2D eigenvalue weighted by atomic mass is 10.0. The predicted octanol–water partition coefficient (Wildman–Crippen LogP) is 33.0. The van der Waals surface area contributed by atoms with Crippen LogP contribution in [0.4, 0.5) is 68.2 Å². The maximum absolute atomic E-state index is 6.90. The van der Waals surface area contributed by atoms with E-state index in [-0.39, 0.29) is 0 Å². The van der Waals surface area contributed by atoms with E-state index in [0.29, 0.717) is 0 Å². The summed E-state index contributed by atoms with van der Waals surface area (Å²) in [7, 11) is 0. The molecule has 4 heterocycles. The average Bonchev–Trinajstić information content (AvgIpc) is 1.42. The quantitative estimate of drug-likeness (QED) is 0.108. The fraction of sp³-hybridized carbons (Fsp3) is 0. The molecule has 116 heavy (non-hydrogen) atoms. The van der Waals surface area contributed by atoms with Crippen molar-refractivity contribution in [3.8, 4) is 22.3 Å². The zero-order chi connectivity index (χ0) is 76.6. The minimum Gasteiger partial charge on any atom is -0.456 e. The van der Waals surface area contributed by atoms with Crippen molar-refractivity contribution < 1.29 is 4.42 Å². The van der Waals surface area contributed by atoms with Crippen LogP contribution in [0, 0.1) is 0 Å². The van der Waals surface area contributed by atoms with Gasteiger partial charge in [-0.3, -0.25) is 0 Å². The molecule has 0 fully saturated rings. The first-order valence-electron chi connectivity index (χ1n) is 39.2. The Morgan fingerprint density at radius 2 is 0.466 bits per heavy atom. The maximum Gasteiger partial charge on any atom is 0.137 e. The molecule has 0 aliphatic heterocycles. The van der Waals surface area contributed by atoms with Gasteiger partial charge in [0.25, 0.3) is 0 Å². The maximum atomic E-state index is 6.90. The molecule has 8 heteroatoms. The summed E-state index contributed by atoms with van der Waals surface area (Å²) in [5, 5.41) is 17.1. The SMILES string of the molecule is c1ccc(-c2ccc(N(c3ccc(-c4ccccc4)cc3)c3ccc4c(c3)sc3cc(N(c5ccccc5)c5cccc6ccccc56)ccc34)cc2)cc1.c1ccc2cc(N(c3ccc4c(c3)oc3cc(N(c5ccc6ccccc6c5)c5ccc6sc7ccccc7c6c5)ccc34)c3ccc4sc5ccccc5c4c3)ccc2c1. The lowest BCUT2D eigenvalue weighted by Gasteiger charge is -2.27. The van der Waals surface area contributed by atoms with Crippen LogP contribution in [0.25, 0.3) is 137 Å². The number of para-hydroxylation sites is 1. The second kappa shape index (κ2) is 29.0. The number of anilines is 12. The first-order valence-corrected chi connectivity index (χ1v) is 41.7. The fourth-order valence-electron chi connectivity index (χ4n) is 17.0. The number of hydrogen-bond acceptors (Lipinski definition) is 8. The summed E-state index contributed by atoms with van der Waals surface area (Å²) < 4.78 is 14.6. The molecule has 23 rings (SSSR count). The molecule has 19 aromatic carbocycles. The minimum absolute atomic E-state index is 0.848. The number of furan rings is 1. The number of fused-ring (bicyclic) bond motifs is 15. The van der Waals surface area contributed by atoms with Crippen LogP contribution in [0.1, 0.15) is 0 Å². The van der Waals surface area contributed by atoms with Gasteiger partial charge in [0, 0.05) is 151 Å². The molecule has 0 aliphatic rings. The summed E-state index contributed by atoms with van der Waals surface area (Å²) in [6.45, 7) is 0. The molecule has 0 saturated carbocycles. The number of nitrogens with zero attached hydrogens (tertiary/aromatic N) is 4. The highest BCUT2D eigenvalue weighted by molar-refractivity contribution is 7.26. The molecular weight excluding hydrogens is 1470 g/mol. The van der Waals surface area contributed by atoms with Crippen LogP contribution in [0.3, 0.4) is 0 Å². The standard InChI is InChI=1S/C56H34N2OS2.C52H36N2S/c1-3-11-37-29-39(19-17-35(37)9-1)57(41-23-27-55-49(31-41)47-13-5-7-15-53(47)60-55)43-21-25-45-46-26-22-44(34-52(46)59-51(45)33-43)58(40-20-18-36-10-2-4-12-38(36)30-40)42-24-28-56-50(32-42)48-14-6-8-16-54(48)61-56;1-4-13-37(14-5-1)39-23-27-43(28-24-39)53(44-29-25-40(26-30-44)38-15-6-2-7-16-38)45-31-33-48-49-34-32-46(36-52(49)55-51(48)35-45)54(42-19-8-3-9-20-42)50-22-12-18-41-17-10-11-21-47(41)50/h1-34H;1-36H. The van der Waals surface area contributed by atoms with Gasteiger partial charge in [-0.15, -0.1) is 34.0 Å². The largest absolute Gasteiger partial charge is 0.456 e. The van der Waals surface area contributed by atoms with Gasteiger partial charge in [-0.25, -0.2) is 0 Å². The Kier molecular flexibility index (Phi) is 17.1. The van der Waals surface area contributed by atoms with E-state index in [2.05, 4.69) is 444 Å². The Morgan fingerprint density at radius 1 is 0.155 bits per heavy atom. The highest BCUT2D eigenvalue weighted by Crippen LogP contribution is 2.49. The molecule has 0 atom stereocenters. The van der Waals surface area contributed by atoms with E-state index in [4.69, 9.17) is 4.42 Å². The van der Waals surface area contributed by atoms with Gasteiger partial charge in [0.1, 0.15) is 11.2 Å². The van der Waals surface area contributed by atoms with E-state index in [9.17, 15) is 0 Å². The molecule has 0 radical (unpaired) electrons. The topological polar surface area (TPSA) is 26.1 Å². The first-order chi connectivity index (χ1) is 57.4. The third-order valence-electron chi connectivity index (χ3n) is 22.6. The molecule has 0 bridgehead atoms. The normalized spacial score (nSPS) is 11.6. The Balaban J connectivity index is 0.000000142. The van der Waals surface area contributed by atoms with Crippen LogP contribution in [0.5, 0.6) is 0 Å². The van der Waals surface area contributed by atoms with Gasteiger partial charge in [0.2, 0.25) is 0 Å². The number of rotatable bonds is 14. The van der Waals surface area contributed by atoms with Crippen molar-refractivity contribution in [2.75, 3.05) is 19.6 Å². The molecule has 0 spiro atoms. The molecule has 5 nitrogen and oxygen atoms in total. The molecule has 0 aliphatic carbocycles. The second-order valence-electron chi connectivity index (χ2n) is 29.5. The van der Waals surface area contributed by atoms with Gasteiger partial charge < -0.3 is 24.0 Å². The minimum atomic E-state index is 0.848. The molecule has 0 unspecified atom stereocenters. The number of thiophene rings is 3. The molecule has 546 valence electrons. The molecule has 4 aromatic heterocycles. The third kappa shape index (κ3) is 12.5. The van der Waals surface area contributed by atoms with Crippen LogP contribution in [0.15, 0.2) is 429 Å². The fourth-order valence-corrected chi connectivity index (χ4v) is 20.4. The van der Waals surface area contributed by atoms with Crippen LogP contribution in [0.2, 0.25) is 0 Å². The summed E-state index contributed by atoms with van der Waals surface area (Å²) in [6.07, 6.45) is 0. The van der Waals surface area contributed by atoms with Crippen molar-refractivity contribution >= 4 is 217 Å². The van der Waals surface area contributed by atoms with E-state index in [1.165, 1.54) is 121 Å². The van der Waals surface area contributed by atoms with Crippen LogP contribution in [-0.2, 0) is 0 Å². The average molecular weight is 1540 g/mol. The molecular formula is C108H70N4OS3. The van der Waals surface area contributed by atoms with E-state index in [1.54, 1.807) is 0 Å². The van der Waals surface area contributed by atoms with E-state index in [0.717, 1.165) is 84.5 Å². The summed E-state index contributed by atoms with van der Waals surface area (Å²) in [6, 6.07) is 154. The van der Waals surface area contributed by atoms with Gasteiger partial charge >= 0.3 is 0 Å². The number of benzene rings is 19. The monoisotopic (exact) mass is 1530 g/mol. The van der Waals surface area contributed by atoms with Crippen molar-refractivity contribution in [2.45, 2.75) is 0 Å². The summed E-state index contributed by atoms with van der Waals surface area (Å²) in [5.74, 6) is 0. The van der Waals surface area contributed by atoms with Gasteiger partial charge in [-0.2, -0.15) is 0 Å². The zero-order valence-corrected chi connectivity index (χ0v) is 65.3. The highest BCUT2D eigenvalue weighted by Gasteiger charge is 2.24. The Labute approximate surface area is 682 Å². The third-order valence-corrected chi connectivity index (χ3v) is 26.0. The smallest absolute Gasteiger partial charge is 0.137 e. The molecule has 0 saturated heterocycles. The number of hydrogen-bond donors (Lipinski definition) is 0. The lowest BCUT2D eigenvalue weighted by Crippen LogP contribution is -2.10. The summed E-state index contributed by atoms with van der Waals surface area (Å²) >= 11 is 5.54. The van der Waals surface area contributed by atoms with E-state index >= 15 is 0 Å². The lowest BCUT2D eigenvalue weighted by molar-refractivity contribution is 0.669. The van der Waals surface area contributed by atoms with E-state index in [1.807, 2.05) is 34.0 Å². The van der Waals surface area contributed by atoms with Gasteiger partial charge in [-0.1, -0.05) is 249 Å². The Morgan fingerprint density at radius 3 is 0.966 bits per heavy atom. The summed E-state index contributed by atoms with van der Waals surface area (Å²) in [5.41, 5.74) is 19.8. The molecule has 23 aromatic rings. The van der Waals surface area contributed by atoms with Crippen molar-refractivity contribution in [3.05, 3.63) is 425 Å². The van der Waals surface area contributed by atoms with Crippen molar-refractivity contribution in [1.29, 1.82) is 0 Å². The Bertz CT molecular complexity index is 7340. The van der Waals surface area contributed by atoms with Gasteiger partial charge in [-0.05, 0) is 213 Å². The van der Waals surface area contributed by atoms with Gasteiger partial charge in [0.05, 0.1) is 5.69 Å². The van der Waals surface area contributed by atoms with Crippen molar-refractivity contribution in [2.24, 2.45) is 0 Å². The highest BCUT2D eigenvalue weighted by atomic mass is 32.1. The van der Waals surface area contributed by atoms with Crippen molar-refractivity contribution in [1.82, 2.24) is 0 Å². The Hall–Kier alpha value is -14.4. The summed E-state index contributed by atoms with van der Waals surface area (Å²) in [4.78, 5) is 9.48. The zero-order valence-electron chi connectivity index (χ0n) is 62.8. The van der Waals surface area contributed by atoms with E-state index < -0.39 is 0 Å². The molecule has 0 N–H and O–H groups in total. The van der Waals surface area contributed by atoms with Gasteiger partial charge in [0.15, 0.2) is 0 Å². The van der Waals surface area contributed by atoms with Crippen molar-refractivity contribution in [3.63, 3.8) is 0 Å². The van der Waals surface area contributed by atoms with Crippen LogP contribution < -0.4 is 19.6 Å². The van der Waals surface area contributed by atoms with Crippen LogP contribution >= 0.6 is 34.0 Å². The van der Waals surface area contributed by atoms with Crippen LogP contribution in [-0.4, -0.2) is 0 Å². The first kappa shape index (κ1) is 68.4. The molecule has 0 amide bonds. The predicted molar refractivity (Wildman–Crippen MR) is 501 cm³/mol. The second-order valence-corrected chi connectivity index (χ2v) is 32.8.